The lowest BCUT2D eigenvalue weighted by atomic mass is 10.1. The van der Waals surface area contributed by atoms with Gasteiger partial charge < -0.3 is 9.13 Å². The van der Waals surface area contributed by atoms with Crippen molar-refractivity contribution in [3.05, 3.63) is 83.3 Å². The third kappa shape index (κ3) is 4.07. The maximum Gasteiger partial charge on any atom is 0.408 e. The number of hydrogen-bond donors (Lipinski definition) is 0. The number of fused-ring (bicyclic) bond motifs is 1. The van der Waals surface area contributed by atoms with Crippen LogP contribution >= 0.6 is 0 Å². The van der Waals surface area contributed by atoms with Gasteiger partial charge in [0, 0.05) is 23.2 Å². The molecule has 1 aromatic carbocycles. The molecule has 0 aliphatic heterocycles. The molecular formula is C25H19F4N7O. The van der Waals surface area contributed by atoms with E-state index >= 15 is 4.39 Å². The van der Waals surface area contributed by atoms with Crippen molar-refractivity contribution >= 4 is 10.8 Å². The number of aromatic nitrogens is 7. The van der Waals surface area contributed by atoms with Gasteiger partial charge in [-0.3, -0.25) is 9.36 Å². The van der Waals surface area contributed by atoms with Crippen LogP contribution in [0.2, 0.25) is 0 Å². The Kier molecular flexibility index (Phi) is 5.21. The Morgan fingerprint density at radius 3 is 2.62 bits per heavy atom. The van der Waals surface area contributed by atoms with Crippen molar-refractivity contribution in [3.8, 4) is 23.0 Å². The Bertz CT molecular complexity index is 1700. The molecule has 6 rings (SSSR count). The molecular weight excluding hydrogens is 490 g/mol. The molecule has 8 nitrogen and oxygen atoms in total. The molecule has 0 N–H and O–H groups in total. The first-order valence-electron chi connectivity index (χ1n) is 11.5. The largest absolute Gasteiger partial charge is 0.408 e. The van der Waals surface area contributed by atoms with Crippen LogP contribution in [0.15, 0.2) is 66.2 Å². The fourth-order valence-corrected chi connectivity index (χ4v) is 4.24. The topological polar surface area (TPSA) is 83.4 Å². The lowest BCUT2D eigenvalue weighted by Gasteiger charge is -2.18. The Balaban J connectivity index is 1.43. The highest BCUT2D eigenvalue weighted by molar-refractivity contribution is 5.84. The number of rotatable bonds is 5. The Hall–Kier alpha value is -4.35. The van der Waals surface area contributed by atoms with Gasteiger partial charge in [0.25, 0.3) is 5.56 Å². The molecule has 12 heteroatoms. The van der Waals surface area contributed by atoms with Crippen molar-refractivity contribution in [2.75, 3.05) is 0 Å². The molecule has 1 aliphatic rings. The highest BCUT2D eigenvalue weighted by Gasteiger charge is 2.38. The van der Waals surface area contributed by atoms with Crippen LogP contribution in [0.25, 0.3) is 33.8 Å². The van der Waals surface area contributed by atoms with Crippen LogP contribution in [-0.4, -0.2) is 40.0 Å². The number of imidazole rings is 1. The van der Waals surface area contributed by atoms with Gasteiger partial charge in [0.15, 0.2) is 5.82 Å². The number of halogens is 4. The molecule has 1 fully saturated rings. The van der Waals surface area contributed by atoms with E-state index in [1.807, 2.05) is 6.20 Å². The predicted molar refractivity (Wildman–Crippen MR) is 126 cm³/mol. The van der Waals surface area contributed by atoms with E-state index in [-0.39, 0.29) is 28.1 Å². The number of hydrogen-bond acceptors (Lipinski definition) is 5. The minimum absolute atomic E-state index is 0.0292. The summed E-state index contributed by atoms with van der Waals surface area (Å²) in [7, 11) is 0. The summed E-state index contributed by atoms with van der Waals surface area (Å²) in [6.45, 7) is 0.978. The van der Waals surface area contributed by atoms with Crippen LogP contribution in [-0.2, 0) is 0 Å². The summed E-state index contributed by atoms with van der Waals surface area (Å²) in [5.41, 5.74) is 1.15. The van der Waals surface area contributed by atoms with Crippen LogP contribution in [0.3, 0.4) is 0 Å². The molecule has 188 valence electrons. The van der Waals surface area contributed by atoms with Gasteiger partial charge in [-0.2, -0.15) is 13.2 Å². The fraction of sp³-hybridized carbons (Fsp3) is 0.240. The fourth-order valence-electron chi connectivity index (χ4n) is 4.24. The number of alkyl halides is 3. The monoisotopic (exact) mass is 509 g/mol. The van der Waals surface area contributed by atoms with Gasteiger partial charge in [-0.15, -0.1) is 10.2 Å². The van der Waals surface area contributed by atoms with E-state index in [1.165, 1.54) is 24.3 Å². The Morgan fingerprint density at radius 1 is 1.05 bits per heavy atom. The number of pyridine rings is 2. The molecule has 4 heterocycles. The summed E-state index contributed by atoms with van der Waals surface area (Å²) in [5, 5.41) is 7.66. The SMILES string of the molecule is C[C@H](n1cnnc1-c1cccc(-n2cc(F)c3ccc(-n4cnc(C5CC5)c4)cc3c2=O)n1)C(F)(F)F. The molecule has 1 saturated carbocycles. The smallest absolute Gasteiger partial charge is 0.306 e. The van der Waals surface area contributed by atoms with Gasteiger partial charge in [0.2, 0.25) is 0 Å². The molecule has 0 unspecified atom stereocenters. The summed E-state index contributed by atoms with van der Waals surface area (Å²) in [6, 6.07) is 7.35. The molecule has 0 amide bonds. The second-order valence-corrected chi connectivity index (χ2v) is 9.02. The van der Waals surface area contributed by atoms with Crippen LogP contribution in [0.1, 0.15) is 37.4 Å². The normalized spacial score (nSPS) is 14.8. The van der Waals surface area contributed by atoms with E-state index < -0.39 is 23.6 Å². The highest BCUT2D eigenvalue weighted by atomic mass is 19.4. The molecule has 37 heavy (non-hydrogen) atoms. The zero-order valence-corrected chi connectivity index (χ0v) is 19.4. The van der Waals surface area contributed by atoms with E-state index in [4.69, 9.17) is 0 Å². The van der Waals surface area contributed by atoms with Gasteiger partial charge in [-0.05, 0) is 50.1 Å². The van der Waals surface area contributed by atoms with Crippen LogP contribution in [0.4, 0.5) is 17.6 Å². The summed E-state index contributed by atoms with van der Waals surface area (Å²) in [5.74, 6) is -0.289. The third-order valence-corrected chi connectivity index (χ3v) is 6.52. The molecule has 0 spiro atoms. The van der Waals surface area contributed by atoms with Crippen molar-refractivity contribution in [3.63, 3.8) is 0 Å². The van der Waals surface area contributed by atoms with E-state index in [2.05, 4.69) is 20.2 Å². The molecule has 1 aliphatic carbocycles. The van der Waals surface area contributed by atoms with Crippen LogP contribution < -0.4 is 5.56 Å². The van der Waals surface area contributed by atoms with E-state index in [9.17, 15) is 18.0 Å². The van der Waals surface area contributed by atoms with Crippen molar-refractivity contribution in [2.45, 2.75) is 37.9 Å². The first-order valence-corrected chi connectivity index (χ1v) is 11.5. The lowest BCUT2D eigenvalue weighted by Crippen LogP contribution is -2.24. The van der Waals surface area contributed by atoms with E-state index in [1.54, 1.807) is 23.0 Å². The summed E-state index contributed by atoms with van der Waals surface area (Å²) in [4.78, 5) is 22.2. The maximum atomic E-state index is 15.1. The molecule has 0 saturated heterocycles. The van der Waals surface area contributed by atoms with Crippen molar-refractivity contribution in [1.82, 2.24) is 33.9 Å². The van der Waals surface area contributed by atoms with Gasteiger partial charge >= 0.3 is 6.18 Å². The van der Waals surface area contributed by atoms with E-state index in [0.717, 1.165) is 47.1 Å². The van der Waals surface area contributed by atoms with Crippen molar-refractivity contribution in [2.24, 2.45) is 0 Å². The Labute approximate surface area is 206 Å². The first-order chi connectivity index (χ1) is 17.7. The first kappa shape index (κ1) is 23.1. The van der Waals surface area contributed by atoms with Gasteiger partial charge in [-0.25, -0.2) is 14.4 Å². The highest BCUT2D eigenvalue weighted by Crippen LogP contribution is 2.39. The molecule has 0 bridgehead atoms. The van der Waals surface area contributed by atoms with Gasteiger partial charge in [0.1, 0.15) is 29.7 Å². The maximum absolute atomic E-state index is 15.1. The predicted octanol–water partition coefficient (Wildman–Crippen LogP) is 4.97. The average Bonchev–Trinajstić information content (AvgIpc) is 3.41. The zero-order chi connectivity index (χ0) is 25.9. The molecule has 5 aromatic rings. The number of benzene rings is 1. The number of nitrogens with zero attached hydrogens (tertiary/aromatic N) is 7. The van der Waals surface area contributed by atoms with Crippen LogP contribution in [0.5, 0.6) is 0 Å². The van der Waals surface area contributed by atoms with E-state index in [0.29, 0.717) is 11.6 Å². The summed E-state index contributed by atoms with van der Waals surface area (Å²) < 4.78 is 58.7. The quantitative estimate of drug-likeness (QED) is 0.313. The molecule has 0 radical (unpaired) electrons. The van der Waals surface area contributed by atoms with Crippen molar-refractivity contribution < 1.29 is 17.6 Å². The van der Waals surface area contributed by atoms with Crippen molar-refractivity contribution in [1.29, 1.82) is 0 Å². The minimum atomic E-state index is -4.53. The van der Waals surface area contributed by atoms with Gasteiger partial charge in [0.05, 0.1) is 23.6 Å². The molecule has 4 aromatic heterocycles. The van der Waals surface area contributed by atoms with Crippen LogP contribution in [0, 0.1) is 5.82 Å². The molecule has 1 atom stereocenters. The second kappa shape index (κ2) is 8.36. The lowest BCUT2D eigenvalue weighted by molar-refractivity contribution is -0.162. The average molecular weight is 509 g/mol. The standard InChI is InChI=1S/C25H19F4N7O/c1-14(25(27,28)29)36-13-31-33-23(36)20-3-2-4-22(32-20)35-10-19(26)17-8-7-16(9-18(17)24(35)37)34-11-21(30-12-34)15-5-6-15/h2-4,7-15H,5-6H2,1H3/t14-/m0/s1. The summed E-state index contributed by atoms with van der Waals surface area (Å²) >= 11 is 0. The third-order valence-electron chi connectivity index (χ3n) is 6.52. The van der Waals surface area contributed by atoms with Gasteiger partial charge in [-0.1, -0.05) is 6.07 Å². The zero-order valence-electron chi connectivity index (χ0n) is 19.4. The minimum Gasteiger partial charge on any atom is -0.306 e. The summed E-state index contributed by atoms with van der Waals surface area (Å²) in [6.07, 6.45) is 3.22. The Morgan fingerprint density at radius 2 is 1.86 bits per heavy atom. The second-order valence-electron chi connectivity index (χ2n) is 9.02.